The number of amides is 2. The second-order valence-electron chi connectivity index (χ2n) is 5.11. The van der Waals surface area contributed by atoms with Gasteiger partial charge in [0.1, 0.15) is 16.9 Å². The highest BCUT2D eigenvalue weighted by Crippen LogP contribution is 2.19. The van der Waals surface area contributed by atoms with Crippen LogP contribution < -0.4 is 10.6 Å². The molecule has 0 bridgehead atoms. The standard InChI is InChI=1S/C14H15FN2O4/c1-14(6-3-7-16-13(14)21)17-11(18)8-4-2-5-9(15)10(8)12(19)20/h2,4-5H,3,6-7H2,1H3,(H,16,21)(H,17,18)(H,19,20)/t14-/m0/s1. The molecule has 1 saturated heterocycles. The number of carboxylic acid groups (broad SMARTS) is 1. The summed E-state index contributed by atoms with van der Waals surface area (Å²) in [6.07, 6.45) is 1.12. The van der Waals surface area contributed by atoms with Crippen molar-refractivity contribution in [3.05, 3.63) is 35.1 Å². The maximum Gasteiger partial charge on any atom is 0.339 e. The number of aromatic carboxylic acids is 1. The van der Waals surface area contributed by atoms with Gasteiger partial charge in [0.2, 0.25) is 5.91 Å². The van der Waals surface area contributed by atoms with E-state index in [0.29, 0.717) is 19.4 Å². The fraction of sp³-hybridized carbons (Fsp3) is 0.357. The number of halogens is 1. The molecule has 21 heavy (non-hydrogen) atoms. The van der Waals surface area contributed by atoms with Crippen molar-refractivity contribution in [2.45, 2.75) is 25.3 Å². The summed E-state index contributed by atoms with van der Waals surface area (Å²) in [6, 6.07) is 3.43. The Balaban J connectivity index is 2.31. The summed E-state index contributed by atoms with van der Waals surface area (Å²) in [5, 5.41) is 14.2. The van der Waals surface area contributed by atoms with Gasteiger partial charge in [0, 0.05) is 6.54 Å². The highest BCUT2D eigenvalue weighted by molar-refractivity contribution is 6.06. The molecule has 0 aliphatic carbocycles. The largest absolute Gasteiger partial charge is 0.478 e. The minimum Gasteiger partial charge on any atom is -0.478 e. The van der Waals surface area contributed by atoms with E-state index in [1.54, 1.807) is 6.92 Å². The van der Waals surface area contributed by atoms with Crippen molar-refractivity contribution in [3.8, 4) is 0 Å². The van der Waals surface area contributed by atoms with Gasteiger partial charge in [-0.1, -0.05) is 6.07 Å². The average molecular weight is 294 g/mol. The van der Waals surface area contributed by atoms with E-state index in [4.69, 9.17) is 5.11 Å². The van der Waals surface area contributed by atoms with Crippen molar-refractivity contribution in [1.82, 2.24) is 10.6 Å². The first-order valence-corrected chi connectivity index (χ1v) is 6.48. The zero-order valence-corrected chi connectivity index (χ0v) is 11.4. The fourth-order valence-corrected chi connectivity index (χ4v) is 2.32. The molecule has 1 heterocycles. The molecule has 1 aliphatic rings. The Morgan fingerprint density at radius 3 is 2.76 bits per heavy atom. The first-order valence-electron chi connectivity index (χ1n) is 6.48. The Morgan fingerprint density at radius 1 is 1.43 bits per heavy atom. The lowest BCUT2D eigenvalue weighted by Crippen LogP contribution is -2.59. The van der Waals surface area contributed by atoms with Crippen LogP contribution in [0.4, 0.5) is 4.39 Å². The highest BCUT2D eigenvalue weighted by atomic mass is 19.1. The Bertz CT molecular complexity index is 617. The maximum atomic E-state index is 13.6. The molecule has 112 valence electrons. The molecule has 7 heteroatoms. The van der Waals surface area contributed by atoms with Gasteiger partial charge in [0.15, 0.2) is 0 Å². The highest BCUT2D eigenvalue weighted by Gasteiger charge is 2.37. The molecule has 3 N–H and O–H groups in total. The number of nitrogens with one attached hydrogen (secondary N) is 2. The number of carbonyl (C=O) groups excluding carboxylic acids is 2. The van der Waals surface area contributed by atoms with E-state index in [0.717, 1.165) is 6.07 Å². The zero-order valence-electron chi connectivity index (χ0n) is 11.4. The van der Waals surface area contributed by atoms with E-state index in [1.165, 1.54) is 12.1 Å². The van der Waals surface area contributed by atoms with E-state index in [2.05, 4.69) is 10.6 Å². The second kappa shape index (κ2) is 5.51. The van der Waals surface area contributed by atoms with E-state index in [9.17, 15) is 18.8 Å². The van der Waals surface area contributed by atoms with Crippen LogP contribution in [-0.4, -0.2) is 35.0 Å². The Hall–Kier alpha value is -2.44. The first-order chi connectivity index (χ1) is 9.85. The average Bonchev–Trinajstić information content (AvgIpc) is 2.41. The number of rotatable bonds is 3. The summed E-state index contributed by atoms with van der Waals surface area (Å²) >= 11 is 0. The van der Waals surface area contributed by atoms with Gasteiger partial charge in [-0.15, -0.1) is 0 Å². The predicted molar refractivity (Wildman–Crippen MR) is 71.5 cm³/mol. The third-order valence-electron chi connectivity index (χ3n) is 3.50. The quantitative estimate of drug-likeness (QED) is 0.772. The number of piperidine rings is 1. The predicted octanol–water partition coefficient (Wildman–Crippen LogP) is 0.922. The van der Waals surface area contributed by atoms with Gasteiger partial charge >= 0.3 is 5.97 Å². The Morgan fingerprint density at radius 2 is 2.14 bits per heavy atom. The van der Waals surface area contributed by atoms with Crippen LogP contribution in [0.2, 0.25) is 0 Å². The van der Waals surface area contributed by atoms with Crippen LogP contribution >= 0.6 is 0 Å². The van der Waals surface area contributed by atoms with E-state index in [-0.39, 0.29) is 11.5 Å². The summed E-state index contributed by atoms with van der Waals surface area (Å²) in [4.78, 5) is 35.2. The molecule has 2 rings (SSSR count). The number of hydrogen-bond donors (Lipinski definition) is 3. The van der Waals surface area contributed by atoms with Gasteiger partial charge in [-0.25, -0.2) is 9.18 Å². The minimum atomic E-state index is -1.53. The van der Waals surface area contributed by atoms with Crippen molar-refractivity contribution in [3.63, 3.8) is 0 Å². The second-order valence-corrected chi connectivity index (χ2v) is 5.11. The van der Waals surface area contributed by atoms with Crippen molar-refractivity contribution >= 4 is 17.8 Å². The van der Waals surface area contributed by atoms with Crippen LogP contribution in [0, 0.1) is 5.82 Å². The summed E-state index contributed by atoms with van der Waals surface area (Å²) in [6.45, 7) is 2.09. The first kappa shape index (κ1) is 15.0. The van der Waals surface area contributed by atoms with Gasteiger partial charge < -0.3 is 15.7 Å². The molecule has 1 aromatic carbocycles. The molecule has 2 amide bonds. The van der Waals surface area contributed by atoms with Crippen molar-refractivity contribution in [2.24, 2.45) is 0 Å². The van der Waals surface area contributed by atoms with E-state index >= 15 is 0 Å². The molecule has 1 atom stereocenters. The molecule has 0 radical (unpaired) electrons. The summed E-state index contributed by atoms with van der Waals surface area (Å²) in [5.41, 5.74) is -2.13. The Kier molecular flexibility index (Phi) is 3.93. The fourth-order valence-electron chi connectivity index (χ4n) is 2.32. The summed E-state index contributed by atoms with van der Waals surface area (Å²) in [5.74, 6) is -3.65. The number of carbonyl (C=O) groups is 3. The smallest absolute Gasteiger partial charge is 0.339 e. The molecular weight excluding hydrogens is 279 g/mol. The normalized spacial score (nSPS) is 21.5. The van der Waals surface area contributed by atoms with Crippen LogP contribution in [0.25, 0.3) is 0 Å². The number of carboxylic acids is 1. The lowest BCUT2D eigenvalue weighted by molar-refractivity contribution is -0.128. The summed E-state index contributed by atoms with van der Waals surface area (Å²) in [7, 11) is 0. The third kappa shape index (κ3) is 2.86. The lowest BCUT2D eigenvalue weighted by atomic mass is 9.90. The molecule has 1 fully saturated rings. The van der Waals surface area contributed by atoms with E-state index in [1.807, 2.05) is 0 Å². The monoisotopic (exact) mass is 294 g/mol. The SMILES string of the molecule is C[C@]1(NC(=O)c2cccc(F)c2C(=O)O)CCCNC1=O. The zero-order chi connectivity index (χ0) is 15.6. The van der Waals surface area contributed by atoms with Crippen molar-refractivity contribution < 1.29 is 23.9 Å². The lowest BCUT2D eigenvalue weighted by Gasteiger charge is -2.33. The van der Waals surface area contributed by atoms with Crippen molar-refractivity contribution in [1.29, 1.82) is 0 Å². The van der Waals surface area contributed by atoms with Crippen LogP contribution in [-0.2, 0) is 4.79 Å². The van der Waals surface area contributed by atoms with Gasteiger partial charge in [-0.3, -0.25) is 9.59 Å². The van der Waals surface area contributed by atoms with Crippen LogP contribution in [0.5, 0.6) is 0 Å². The van der Waals surface area contributed by atoms with Gasteiger partial charge in [0.05, 0.1) is 5.56 Å². The maximum absolute atomic E-state index is 13.6. The van der Waals surface area contributed by atoms with Gasteiger partial charge in [0.25, 0.3) is 5.91 Å². The Labute approximate surface area is 120 Å². The van der Waals surface area contributed by atoms with Crippen LogP contribution in [0.1, 0.15) is 40.5 Å². The molecule has 1 aromatic rings. The molecule has 0 saturated carbocycles. The van der Waals surface area contributed by atoms with Crippen LogP contribution in [0.15, 0.2) is 18.2 Å². The third-order valence-corrected chi connectivity index (χ3v) is 3.50. The minimum absolute atomic E-state index is 0.304. The molecule has 0 spiro atoms. The molecule has 0 unspecified atom stereocenters. The summed E-state index contributed by atoms with van der Waals surface area (Å²) < 4.78 is 13.6. The topological polar surface area (TPSA) is 95.5 Å². The molecule has 6 nitrogen and oxygen atoms in total. The molecular formula is C14H15FN2O4. The van der Waals surface area contributed by atoms with E-state index < -0.39 is 28.8 Å². The van der Waals surface area contributed by atoms with Crippen LogP contribution in [0.3, 0.4) is 0 Å². The van der Waals surface area contributed by atoms with Gasteiger partial charge in [-0.2, -0.15) is 0 Å². The van der Waals surface area contributed by atoms with Gasteiger partial charge in [-0.05, 0) is 31.9 Å². The van der Waals surface area contributed by atoms with Crippen molar-refractivity contribution in [2.75, 3.05) is 6.54 Å². The molecule has 0 aromatic heterocycles. The number of benzene rings is 1. The molecule has 1 aliphatic heterocycles. The number of hydrogen-bond acceptors (Lipinski definition) is 3.